The number of nitrogens with zero attached hydrogens (tertiary/aromatic N) is 2. The number of nitrogens with one attached hydrogen (secondary N) is 1. The van der Waals surface area contributed by atoms with Crippen LogP contribution < -0.4 is 10.1 Å². The van der Waals surface area contributed by atoms with Crippen LogP contribution in [0.15, 0.2) is 61.2 Å². The fraction of sp³-hybridized carbons (Fsp3) is 0.529. The van der Waals surface area contributed by atoms with Crippen LogP contribution in [0.25, 0.3) is 0 Å². The molecule has 5 heteroatoms. The Hall–Kier alpha value is -3.08. The van der Waals surface area contributed by atoms with Crippen molar-refractivity contribution in [1.82, 2.24) is 9.55 Å². The maximum Gasteiger partial charge on any atom is 0.225 e. The Morgan fingerprint density at radius 2 is 1.64 bits per heavy atom. The van der Waals surface area contributed by atoms with Crippen molar-refractivity contribution < 1.29 is 9.53 Å². The number of hydrogen-bond acceptors (Lipinski definition) is 3. The van der Waals surface area contributed by atoms with Gasteiger partial charge in [0.2, 0.25) is 5.91 Å². The summed E-state index contributed by atoms with van der Waals surface area (Å²) >= 11 is 0. The van der Waals surface area contributed by atoms with Gasteiger partial charge in [0.25, 0.3) is 0 Å². The van der Waals surface area contributed by atoms with Gasteiger partial charge in [0.05, 0.1) is 13.4 Å². The number of unbranched alkanes of at least 4 members (excludes halogenated alkanes) is 4. The fourth-order valence-corrected chi connectivity index (χ4v) is 5.72. The van der Waals surface area contributed by atoms with Gasteiger partial charge in [0, 0.05) is 42.0 Å². The second-order valence-electron chi connectivity index (χ2n) is 12.0. The Balaban J connectivity index is 1.97. The van der Waals surface area contributed by atoms with Crippen LogP contribution in [0.3, 0.4) is 0 Å². The number of anilines is 1. The van der Waals surface area contributed by atoms with Gasteiger partial charge in [-0.05, 0) is 41.5 Å². The SMILES string of the molecule is CCCCCC(CCCCC)(CC(=O)Nc1cc(Cn2ccnc2)ccc1C(C)(C)C)c1ccccc1OC. The van der Waals surface area contributed by atoms with Gasteiger partial charge in [0.15, 0.2) is 0 Å². The average molecular weight is 532 g/mol. The van der Waals surface area contributed by atoms with E-state index in [1.165, 1.54) is 5.56 Å². The molecular weight excluding hydrogens is 482 g/mol. The van der Waals surface area contributed by atoms with Crippen LogP contribution in [0.5, 0.6) is 5.75 Å². The molecule has 1 heterocycles. The van der Waals surface area contributed by atoms with Crippen LogP contribution >= 0.6 is 0 Å². The summed E-state index contributed by atoms with van der Waals surface area (Å²) in [5.41, 5.74) is 3.99. The largest absolute Gasteiger partial charge is 0.496 e. The first-order valence-corrected chi connectivity index (χ1v) is 14.7. The normalized spacial score (nSPS) is 11.9. The minimum Gasteiger partial charge on any atom is -0.496 e. The molecule has 1 aromatic heterocycles. The lowest BCUT2D eigenvalue weighted by Gasteiger charge is -2.36. The third kappa shape index (κ3) is 8.45. The number of ether oxygens (including phenoxy) is 1. The van der Waals surface area contributed by atoms with Crippen LogP contribution in [0.1, 0.15) is 109 Å². The standard InChI is InChI=1S/C34H49N3O2/c1-7-9-13-19-34(20-14-10-8-2,29-15-11-12-16-31(29)39-6)24-32(38)36-30-23-27(25-37-22-21-35-26-37)17-18-28(30)33(3,4)5/h11-12,15-18,21-23,26H,7-10,13-14,19-20,24-25H2,1-6H3,(H,36,38). The highest BCUT2D eigenvalue weighted by molar-refractivity contribution is 5.93. The van der Waals surface area contributed by atoms with E-state index in [1.54, 1.807) is 13.3 Å². The van der Waals surface area contributed by atoms with Crippen molar-refractivity contribution in [3.63, 3.8) is 0 Å². The molecule has 39 heavy (non-hydrogen) atoms. The van der Waals surface area contributed by atoms with Crippen molar-refractivity contribution in [1.29, 1.82) is 0 Å². The van der Waals surface area contributed by atoms with E-state index in [9.17, 15) is 4.79 Å². The zero-order valence-electron chi connectivity index (χ0n) is 25.1. The highest BCUT2D eigenvalue weighted by atomic mass is 16.5. The average Bonchev–Trinajstić information content (AvgIpc) is 3.41. The first-order chi connectivity index (χ1) is 18.7. The summed E-state index contributed by atoms with van der Waals surface area (Å²) in [5.74, 6) is 0.954. The molecule has 0 aliphatic carbocycles. The Labute approximate surface area is 236 Å². The topological polar surface area (TPSA) is 56.2 Å². The molecule has 3 aromatic rings. The minimum absolute atomic E-state index is 0.0687. The number of carbonyl (C=O) groups is 1. The van der Waals surface area contributed by atoms with Crippen LogP contribution in [0.2, 0.25) is 0 Å². The van der Waals surface area contributed by atoms with E-state index in [1.807, 2.05) is 29.2 Å². The summed E-state index contributed by atoms with van der Waals surface area (Å²) in [5, 5.41) is 3.38. The fourth-order valence-electron chi connectivity index (χ4n) is 5.72. The van der Waals surface area contributed by atoms with E-state index < -0.39 is 0 Å². The highest BCUT2D eigenvalue weighted by Crippen LogP contribution is 2.43. The monoisotopic (exact) mass is 531 g/mol. The number of para-hydroxylation sites is 1. The Morgan fingerprint density at radius 1 is 0.949 bits per heavy atom. The van der Waals surface area contributed by atoms with Crippen molar-refractivity contribution in [3.05, 3.63) is 77.9 Å². The number of aromatic nitrogens is 2. The summed E-state index contributed by atoms with van der Waals surface area (Å²) in [6.45, 7) is 11.8. The summed E-state index contributed by atoms with van der Waals surface area (Å²) < 4.78 is 7.90. The van der Waals surface area contributed by atoms with Crippen LogP contribution in [-0.4, -0.2) is 22.6 Å². The molecule has 0 radical (unpaired) electrons. The molecule has 0 saturated heterocycles. The van der Waals surface area contributed by atoms with E-state index in [2.05, 4.69) is 75.3 Å². The number of carbonyl (C=O) groups excluding carboxylic acids is 1. The number of rotatable bonds is 15. The molecule has 3 rings (SSSR count). The van der Waals surface area contributed by atoms with Gasteiger partial charge in [0.1, 0.15) is 5.75 Å². The summed E-state index contributed by atoms with van der Waals surface area (Å²) in [6.07, 6.45) is 14.8. The lowest BCUT2D eigenvalue weighted by molar-refractivity contribution is -0.117. The lowest BCUT2D eigenvalue weighted by Crippen LogP contribution is -2.33. The first kappa shape index (κ1) is 30.5. The highest BCUT2D eigenvalue weighted by Gasteiger charge is 2.36. The second kappa shape index (κ2) is 14.3. The smallest absolute Gasteiger partial charge is 0.225 e. The molecule has 0 fully saturated rings. The van der Waals surface area contributed by atoms with Gasteiger partial charge in [-0.3, -0.25) is 4.79 Å². The Bertz CT molecular complexity index is 1150. The first-order valence-electron chi connectivity index (χ1n) is 14.7. The molecule has 0 aliphatic heterocycles. The predicted octanol–water partition coefficient (Wildman–Crippen LogP) is 8.66. The van der Waals surface area contributed by atoms with E-state index >= 15 is 0 Å². The minimum atomic E-state index is -0.267. The molecule has 0 saturated carbocycles. The van der Waals surface area contributed by atoms with Gasteiger partial charge in [-0.25, -0.2) is 4.98 Å². The number of methoxy groups -OCH3 is 1. The van der Waals surface area contributed by atoms with Gasteiger partial charge < -0.3 is 14.6 Å². The summed E-state index contributed by atoms with van der Waals surface area (Å²) in [6, 6.07) is 14.8. The zero-order valence-corrected chi connectivity index (χ0v) is 25.1. The molecule has 2 aromatic carbocycles. The molecule has 5 nitrogen and oxygen atoms in total. The van der Waals surface area contributed by atoms with Crippen molar-refractivity contribution >= 4 is 11.6 Å². The van der Waals surface area contributed by atoms with Crippen LogP contribution in [0, 0.1) is 0 Å². The number of benzene rings is 2. The number of amides is 1. The molecule has 212 valence electrons. The van der Waals surface area contributed by atoms with E-state index in [0.717, 1.165) is 73.9 Å². The Morgan fingerprint density at radius 3 is 2.23 bits per heavy atom. The van der Waals surface area contributed by atoms with Gasteiger partial charge in [-0.15, -0.1) is 0 Å². The van der Waals surface area contributed by atoms with Gasteiger partial charge in [-0.2, -0.15) is 0 Å². The van der Waals surface area contributed by atoms with Crippen LogP contribution in [-0.2, 0) is 22.2 Å². The van der Waals surface area contributed by atoms with Crippen molar-refractivity contribution in [3.8, 4) is 5.75 Å². The van der Waals surface area contributed by atoms with Gasteiger partial charge >= 0.3 is 0 Å². The zero-order chi connectivity index (χ0) is 28.3. The summed E-state index contributed by atoms with van der Waals surface area (Å²) in [7, 11) is 1.74. The van der Waals surface area contributed by atoms with Crippen molar-refractivity contribution in [2.45, 2.75) is 110 Å². The molecule has 1 N–H and O–H groups in total. The molecule has 0 spiro atoms. The molecule has 1 amide bonds. The third-order valence-corrected chi connectivity index (χ3v) is 7.79. The quantitative estimate of drug-likeness (QED) is 0.200. The van der Waals surface area contributed by atoms with Crippen LogP contribution in [0.4, 0.5) is 5.69 Å². The molecule has 0 bridgehead atoms. The predicted molar refractivity (Wildman–Crippen MR) is 163 cm³/mol. The number of imidazole rings is 1. The second-order valence-corrected chi connectivity index (χ2v) is 12.0. The van der Waals surface area contributed by atoms with E-state index in [-0.39, 0.29) is 16.7 Å². The molecular formula is C34H49N3O2. The van der Waals surface area contributed by atoms with E-state index in [0.29, 0.717) is 13.0 Å². The lowest BCUT2D eigenvalue weighted by atomic mass is 9.69. The Kier molecular flexibility index (Phi) is 11.2. The maximum absolute atomic E-state index is 14.0. The third-order valence-electron chi connectivity index (χ3n) is 7.79. The van der Waals surface area contributed by atoms with Crippen molar-refractivity contribution in [2.75, 3.05) is 12.4 Å². The summed E-state index contributed by atoms with van der Waals surface area (Å²) in [4.78, 5) is 18.2. The van der Waals surface area contributed by atoms with E-state index in [4.69, 9.17) is 4.74 Å². The molecule has 0 atom stereocenters. The van der Waals surface area contributed by atoms with Crippen molar-refractivity contribution in [2.24, 2.45) is 0 Å². The maximum atomic E-state index is 14.0. The molecule has 0 unspecified atom stereocenters. The number of hydrogen-bond donors (Lipinski definition) is 1. The molecule has 0 aliphatic rings. The van der Waals surface area contributed by atoms with Gasteiger partial charge in [-0.1, -0.05) is 103 Å².